The Morgan fingerprint density at radius 1 is 1.12 bits per heavy atom. The number of carbonyl (C=O) groups excluding carboxylic acids is 1. The van der Waals surface area contributed by atoms with Crippen LogP contribution in [0.1, 0.15) is 39.2 Å². The van der Waals surface area contributed by atoms with E-state index in [-0.39, 0.29) is 11.3 Å². The van der Waals surface area contributed by atoms with Crippen LogP contribution in [0, 0.1) is 17.3 Å². The quantitative estimate of drug-likeness (QED) is 0.737. The van der Waals surface area contributed by atoms with Crippen molar-refractivity contribution < 1.29 is 4.79 Å². The first-order valence-corrected chi connectivity index (χ1v) is 6.05. The molecule has 16 heavy (non-hydrogen) atoms. The highest BCUT2D eigenvalue weighted by Crippen LogP contribution is 2.56. The van der Waals surface area contributed by atoms with E-state index in [1.807, 2.05) is 6.07 Å². The molecule has 1 aliphatic carbocycles. The second kappa shape index (κ2) is 3.73. The van der Waals surface area contributed by atoms with Gasteiger partial charge in [0.25, 0.3) is 0 Å². The molecule has 0 amide bonds. The zero-order chi connectivity index (χ0) is 11.9. The van der Waals surface area contributed by atoms with Gasteiger partial charge < -0.3 is 0 Å². The van der Waals surface area contributed by atoms with Crippen LogP contribution in [-0.4, -0.2) is 5.78 Å². The number of hydrogen-bond acceptors (Lipinski definition) is 1. The molecule has 86 valence electrons. The third kappa shape index (κ3) is 1.50. The van der Waals surface area contributed by atoms with Crippen molar-refractivity contribution in [2.75, 3.05) is 0 Å². The van der Waals surface area contributed by atoms with Gasteiger partial charge in [-0.05, 0) is 11.5 Å². The molecule has 0 bridgehead atoms. The van der Waals surface area contributed by atoms with Gasteiger partial charge in [-0.1, -0.05) is 58.0 Å². The van der Waals surface area contributed by atoms with E-state index in [4.69, 9.17) is 0 Å². The summed E-state index contributed by atoms with van der Waals surface area (Å²) in [5.74, 6) is 1.46. The van der Waals surface area contributed by atoms with Gasteiger partial charge in [0.1, 0.15) is 5.78 Å². The molecule has 0 N–H and O–H groups in total. The first kappa shape index (κ1) is 11.4. The molecule has 0 aromatic heterocycles. The fourth-order valence-electron chi connectivity index (χ4n) is 3.06. The summed E-state index contributed by atoms with van der Waals surface area (Å²) in [4.78, 5) is 12.1. The summed E-state index contributed by atoms with van der Waals surface area (Å²) in [5, 5.41) is 0. The van der Waals surface area contributed by atoms with Crippen molar-refractivity contribution in [3.8, 4) is 0 Å². The molecule has 1 aliphatic rings. The van der Waals surface area contributed by atoms with Gasteiger partial charge in [-0.2, -0.15) is 0 Å². The standard InChI is InChI=1S/C15H20O/c1-10(2)12-13(15(3,4)14(12)16)11-8-6-5-7-9-11/h5-10,12-13H,1-4H3. The number of carbonyl (C=O) groups is 1. The smallest absolute Gasteiger partial charge is 0.143 e. The van der Waals surface area contributed by atoms with Crippen molar-refractivity contribution in [1.29, 1.82) is 0 Å². The lowest BCUT2D eigenvalue weighted by Crippen LogP contribution is -2.54. The molecule has 2 rings (SSSR count). The lowest BCUT2D eigenvalue weighted by molar-refractivity contribution is -0.149. The van der Waals surface area contributed by atoms with E-state index in [0.717, 1.165) is 0 Å². The van der Waals surface area contributed by atoms with Crippen molar-refractivity contribution in [2.24, 2.45) is 17.3 Å². The van der Waals surface area contributed by atoms with E-state index in [0.29, 0.717) is 17.6 Å². The maximum absolute atomic E-state index is 12.1. The Bertz CT molecular complexity index is 389. The van der Waals surface area contributed by atoms with Gasteiger partial charge in [0.15, 0.2) is 0 Å². The SMILES string of the molecule is CC(C)C1C(=O)C(C)(C)C1c1ccccc1. The molecule has 0 heterocycles. The van der Waals surface area contributed by atoms with Gasteiger partial charge in [-0.3, -0.25) is 4.79 Å². The summed E-state index contributed by atoms with van der Waals surface area (Å²) in [6.45, 7) is 8.44. The number of benzene rings is 1. The molecule has 2 atom stereocenters. The number of hydrogen-bond donors (Lipinski definition) is 0. The van der Waals surface area contributed by atoms with Crippen LogP contribution in [0.15, 0.2) is 30.3 Å². The van der Waals surface area contributed by atoms with Gasteiger partial charge in [0.2, 0.25) is 0 Å². The Labute approximate surface area is 97.9 Å². The van der Waals surface area contributed by atoms with Crippen molar-refractivity contribution in [3.05, 3.63) is 35.9 Å². The Hall–Kier alpha value is -1.11. The van der Waals surface area contributed by atoms with Crippen LogP contribution in [-0.2, 0) is 4.79 Å². The molecule has 1 heteroatoms. The van der Waals surface area contributed by atoms with Crippen LogP contribution < -0.4 is 0 Å². The summed E-state index contributed by atoms with van der Waals surface area (Å²) in [5.41, 5.74) is 1.13. The normalized spacial score (nSPS) is 27.9. The summed E-state index contributed by atoms with van der Waals surface area (Å²) >= 11 is 0. The fraction of sp³-hybridized carbons (Fsp3) is 0.533. The molecular weight excluding hydrogens is 196 g/mol. The highest BCUT2D eigenvalue weighted by Gasteiger charge is 2.56. The third-order valence-electron chi connectivity index (χ3n) is 3.95. The van der Waals surface area contributed by atoms with E-state index in [1.165, 1.54) is 5.56 Å². The monoisotopic (exact) mass is 216 g/mol. The molecule has 2 unspecified atom stereocenters. The highest BCUT2D eigenvalue weighted by atomic mass is 16.1. The molecule has 1 aromatic rings. The summed E-state index contributed by atoms with van der Waals surface area (Å²) in [6.07, 6.45) is 0. The highest BCUT2D eigenvalue weighted by molar-refractivity contribution is 5.95. The molecule has 1 nitrogen and oxygen atoms in total. The van der Waals surface area contributed by atoms with Crippen LogP contribution >= 0.6 is 0 Å². The van der Waals surface area contributed by atoms with E-state index in [2.05, 4.69) is 52.0 Å². The predicted molar refractivity (Wildman–Crippen MR) is 66.3 cm³/mol. The van der Waals surface area contributed by atoms with Gasteiger partial charge in [0.05, 0.1) is 0 Å². The number of ketones is 1. The molecular formula is C15H20O. The minimum absolute atomic E-state index is 0.184. The Morgan fingerprint density at radius 2 is 1.69 bits per heavy atom. The predicted octanol–water partition coefficient (Wildman–Crippen LogP) is 3.65. The van der Waals surface area contributed by atoms with Crippen LogP contribution in [0.4, 0.5) is 0 Å². The number of Topliss-reactive ketones (excluding diaryl/α,β-unsaturated/α-hetero) is 1. The van der Waals surface area contributed by atoms with Crippen LogP contribution in [0.25, 0.3) is 0 Å². The fourth-order valence-corrected chi connectivity index (χ4v) is 3.06. The average molecular weight is 216 g/mol. The van der Waals surface area contributed by atoms with E-state index >= 15 is 0 Å². The maximum Gasteiger partial charge on any atom is 0.143 e. The van der Waals surface area contributed by atoms with Gasteiger partial charge in [0, 0.05) is 17.3 Å². The zero-order valence-corrected chi connectivity index (χ0v) is 10.5. The van der Waals surface area contributed by atoms with E-state index in [1.54, 1.807) is 0 Å². The first-order valence-electron chi connectivity index (χ1n) is 6.05. The lowest BCUT2D eigenvalue weighted by Gasteiger charge is -2.51. The molecule has 1 fully saturated rings. The molecule has 1 saturated carbocycles. The molecule has 0 spiro atoms. The van der Waals surface area contributed by atoms with Gasteiger partial charge >= 0.3 is 0 Å². The van der Waals surface area contributed by atoms with Gasteiger partial charge in [-0.25, -0.2) is 0 Å². The Morgan fingerprint density at radius 3 is 2.19 bits per heavy atom. The summed E-state index contributed by atoms with van der Waals surface area (Å²) < 4.78 is 0. The van der Waals surface area contributed by atoms with Crippen molar-refractivity contribution in [1.82, 2.24) is 0 Å². The zero-order valence-electron chi connectivity index (χ0n) is 10.5. The minimum atomic E-state index is -0.184. The second-order valence-corrected chi connectivity index (χ2v) is 5.74. The van der Waals surface area contributed by atoms with Crippen LogP contribution in [0.5, 0.6) is 0 Å². The average Bonchev–Trinajstić information content (AvgIpc) is 2.25. The topological polar surface area (TPSA) is 17.1 Å². The first-order chi connectivity index (χ1) is 7.46. The lowest BCUT2D eigenvalue weighted by atomic mass is 9.50. The van der Waals surface area contributed by atoms with Gasteiger partial charge in [-0.15, -0.1) is 0 Å². The minimum Gasteiger partial charge on any atom is -0.299 e. The Balaban J connectivity index is 2.36. The van der Waals surface area contributed by atoms with Crippen molar-refractivity contribution >= 4 is 5.78 Å². The van der Waals surface area contributed by atoms with Crippen LogP contribution in [0.2, 0.25) is 0 Å². The van der Waals surface area contributed by atoms with Crippen LogP contribution in [0.3, 0.4) is 0 Å². The molecule has 1 aromatic carbocycles. The Kier molecular flexibility index (Phi) is 2.65. The van der Waals surface area contributed by atoms with E-state index in [9.17, 15) is 4.79 Å². The third-order valence-corrected chi connectivity index (χ3v) is 3.95. The number of rotatable bonds is 2. The molecule has 0 aliphatic heterocycles. The summed E-state index contributed by atoms with van der Waals surface area (Å²) in [7, 11) is 0. The maximum atomic E-state index is 12.1. The second-order valence-electron chi connectivity index (χ2n) is 5.74. The largest absolute Gasteiger partial charge is 0.299 e. The van der Waals surface area contributed by atoms with Crippen molar-refractivity contribution in [2.45, 2.75) is 33.6 Å². The van der Waals surface area contributed by atoms with E-state index < -0.39 is 0 Å². The summed E-state index contributed by atoms with van der Waals surface area (Å²) in [6, 6.07) is 10.4. The van der Waals surface area contributed by atoms with Crippen molar-refractivity contribution in [3.63, 3.8) is 0 Å². The molecule has 0 saturated heterocycles. The molecule has 0 radical (unpaired) electrons.